The summed E-state index contributed by atoms with van der Waals surface area (Å²) in [6, 6.07) is 0. The van der Waals surface area contributed by atoms with Gasteiger partial charge in [-0.05, 0) is 42.3 Å². The molecule has 1 unspecified atom stereocenters. The monoisotopic (exact) mass is 290 g/mol. The van der Waals surface area contributed by atoms with Crippen LogP contribution < -0.4 is 5.32 Å². The molecule has 2 fully saturated rings. The molecule has 0 aromatic carbocycles. The van der Waals surface area contributed by atoms with Crippen LogP contribution in [0.1, 0.15) is 18.4 Å². The van der Waals surface area contributed by atoms with Gasteiger partial charge in [0.2, 0.25) is 0 Å². The Morgan fingerprint density at radius 2 is 2.29 bits per heavy atom. The molecule has 1 N–H and O–H groups in total. The molecule has 2 saturated heterocycles. The van der Waals surface area contributed by atoms with Crippen LogP contribution in [0.3, 0.4) is 0 Å². The number of thiophene rings is 1. The number of likely N-dealkylation sites (tertiary alicyclic amines) is 1. The first-order valence-corrected chi connectivity index (χ1v) is 7.67. The van der Waals surface area contributed by atoms with Crippen molar-refractivity contribution in [2.24, 2.45) is 5.41 Å². The maximum Gasteiger partial charge on any atom is 0.112 e. The predicted octanol–water partition coefficient (Wildman–Crippen LogP) is 3.24. The highest BCUT2D eigenvalue weighted by Crippen LogP contribution is 2.38. The first-order valence-electron chi connectivity index (χ1n) is 6.03. The van der Waals surface area contributed by atoms with Gasteiger partial charge in [0.05, 0.1) is 5.02 Å². The van der Waals surface area contributed by atoms with Crippen LogP contribution in [-0.4, -0.2) is 31.1 Å². The average molecular weight is 291 g/mol. The topological polar surface area (TPSA) is 15.3 Å². The van der Waals surface area contributed by atoms with E-state index in [-0.39, 0.29) is 0 Å². The van der Waals surface area contributed by atoms with Crippen LogP contribution in [0.2, 0.25) is 9.36 Å². The summed E-state index contributed by atoms with van der Waals surface area (Å²) in [5.41, 5.74) is 1.72. The quantitative estimate of drug-likeness (QED) is 0.900. The number of nitrogens with one attached hydrogen (secondary N) is 1. The molecule has 1 aromatic heterocycles. The molecule has 0 amide bonds. The molecule has 94 valence electrons. The molecule has 1 spiro atoms. The van der Waals surface area contributed by atoms with E-state index in [4.69, 9.17) is 23.2 Å². The third kappa shape index (κ3) is 2.36. The molecule has 2 aliphatic rings. The molecule has 3 rings (SSSR count). The Kier molecular flexibility index (Phi) is 3.39. The molecular weight excluding hydrogens is 275 g/mol. The van der Waals surface area contributed by atoms with Crippen LogP contribution >= 0.6 is 34.5 Å². The Labute approximate surface area is 116 Å². The van der Waals surface area contributed by atoms with Crippen LogP contribution in [0.4, 0.5) is 0 Å². The molecule has 0 aliphatic carbocycles. The Bertz CT molecular complexity index is 413. The zero-order valence-electron chi connectivity index (χ0n) is 9.64. The Morgan fingerprint density at radius 1 is 1.41 bits per heavy atom. The van der Waals surface area contributed by atoms with Crippen LogP contribution in [0.5, 0.6) is 0 Å². The van der Waals surface area contributed by atoms with E-state index in [1.54, 1.807) is 0 Å². The largest absolute Gasteiger partial charge is 0.316 e. The van der Waals surface area contributed by atoms with Crippen molar-refractivity contribution >= 4 is 34.5 Å². The van der Waals surface area contributed by atoms with Crippen LogP contribution in [0.15, 0.2) is 5.38 Å². The van der Waals surface area contributed by atoms with E-state index in [2.05, 4.69) is 15.6 Å². The lowest BCUT2D eigenvalue weighted by atomic mass is 9.87. The first kappa shape index (κ1) is 12.2. The minimum atomic E-state index is 0.534. The summed E-state index contributed by atoms with van der Waals surface area (Å²) in [6.45, 7) is 5.69. The predicted molar refractivity (Wildman–Crippen MR) is 74.2 cm³/mol. The van der Waals surface area contributed by atoms with Crippen molar-refractivity contribution in [2.45, 2.75) is 19.4 Å². The van der Waals surface area contributed by atoms with Crippen LogP contribution in [0.25, 0.3) is 0 Å². The summed E-state index contributed by atoms with van der Waals surface area (Å²) in [4.78, 5) is 2.51. The SMILES string of the molecule is Clc1scc(CN2CCC3(CCNC3)C2)c1Cl. The van der Waals surface area contributed by atoms with Gasteiger partial charge in [-0.2, -0.15) is 0 Å². The van der Waals surface area contributed by atoms with Crippen molar-refractivity contribution < 1.29 is 0 Å². The maximum absolute atomic E-state index is 6.18. The minimum absolute atomic E-state index is 0.534. The van der Waals surface area contributed by atoms with Gasteiger partial charge in [-0.25, -0.2) is 0 Å². The fraction of sp³-hybridized carbons (Fsp3) is 0.667. The van der Waals surface area contributed by atoms with Crippen LogP contribution in [-0.2, 0) is 6.54 Å². The maximum atomic E-state index is 6.18. The van der Waals surface area contributed by atoms with Gasteiger partial charge in [0.1, 0.15) is 4.34 Å². The van der Waals surface area contributed by atoms with Gasteiger partial charge in [0, 0.05) is 19.6 Å². The second-order valence-electron chi connectivity index (χ2n) is 5.24. The summed E-state index contributed by atoms with van der Waals surface area (Å²) in [5.74, 6) is 0. The molecule has 17 heavy (non-hydrogen) atoms. The number of rotatable bonds is 2. The summed E-state index contributed by atoms with van der Waals surface area (Å²) in [6.07, 6.45) is 2.64. The lowest BCUT2D eigenvalue weighted by Crippen LogP contribution is -2.28. The van der Waals surface area contributed by atoms with Crippen molar-refractivity contribution in [3.8, 4) is 0 Å². The Morgan fingerprint density at radius 3 is 2.94 bits per heavy atom. The molecule has 5 heteroatoms. The second-order valence-corrected chi connectivity index (χ2v) is 7.10. The molecule has 0 bridgehead atoms. The lowest BCUT2D eigenvalue weighted by molar-refractivity contribution is 0.269. The number of halogens is 2. The second kappa shape index (κ2) is 4.71. The highest BCUT2D eigenvalue weighted by atomic mass is 35.5. The molecule has 3 heterocycles. The van der Waals surface area contributed by atoms with E-state index in [1.165, 1.54) is 55.9 Å². The average Bonchev–Trinajstić information content (AvgIpc) is 3.00. The standard InChI is InChI=1S/C12H16Cl2N2S/c13-10-9(6-17-11(10)14)5-16-4-2-12(8-16)1-3-15-7-12/h6,15H,1-5,7-8H2. The van der Waals surface area contributed by atoms with E-state index in [0.717, 1.165) is 15.9 Å². The van der Waals surface area contributed by atoms with Crippen LogP contribution in [0, 0.1) is 5.41 Å². The molecule has 2 aliphatic heterocycles. The van der Waals surface area contributed by atoms with Gasteiger partial charge in [-0.15, -0.1) is 11.3 Å². The Balaban J connectivity index is 1.66. The fourth-order valence-corrected chi connectivity index (χ4v) is 4.25. The molecular formula is C12H16Cl2N2S. The van der Waals surface area contributed by atoms with E-state index >= 15 is 0 Å². The van der Waals surface area contributed by atoms with Crippen molar-refractivity contribution in [3.05, 3.63) is 20.3 Å². The number of hydrogen-bond acceptors (Lipinski definition) is 3. The summed E-state index contributed by atoms with van der Waals surface area (Å²) < 4.78 is 0.720. The van der Waals surface area contributed by atoms with Gasteiger partial charge in [0.15, 0.2) is 0 Å². The molecule has 1 aromatic rings. The summed E-state index contributed by atoms with van der Waals surface area (Å²) in [5, 5.41) is 6.32. The third-order valence-electron chi connectivity index (χ3n) is 4.00. The zero-order chi connectivity index (χ0) is 11.9. The highest BCUT2D eigenvalue weighted by Gasteiger charge is 2.40. The fourth-order valence-electron chi connectivity index (χ4n) is 3.01. The zero-order valence-corrected chi connectivity index (χ0v) is 12.0. The Hall–Kier alpha value is 0.200. The molecule has 1 atom stereocenters. The molecule has 0 saturated carbocycles. The number of nitrogens with zero attached hydrogens (tertiary/aromatic N) is 1. The van der Waals surface area contributed by atoms with E-state index in [1.807, 2.05) is 0 Å². The van der Waals surface area contributed by atoms with Crippen molar-refractivity contribution in [3.63, 3.8) is 0 Å². The minimum Gasteiger partial charge on any atom is -0.316 e. The normalized spacial score (nSPS) is 29.5. The molecule has 0 radical (unpaired) electrons. The van der Waals surface area contributed by atoms with Gasteiger partial charge in [-0.1, -0.05) is 23.2 Å². The van der Waals surface area contributed by atoms with Crippen molar-refractivity contribution in [1.29, 1.82) is 0 Å². The van der Waals surface area contributed by atoms with Crippen molar-refractivity contribution in [2.75, 3.05) is 26.2 Å². The van der Waals surface area contributed by atoms with E-state index < -0.39 is 0 Å². The summed E-state index contributed by atoms with van der Waals surface area (Å²) >= 11 is 13.7. The van der Waals surface area contributed by atoms with Crippen molar-refractivity contribution in [1.82, 2.24) is 10.2 Å². The van der Waals surface area contributed by atoms with Gasteiger partial charge >= 0.3 is 0 Å². The van der Waals surface area contributed by atoms with Gasteiger partial charge in [-0.3, -0.25) is 4.90 Å². The molecule has 2 nitrogen and oxygen atoms in total. The van der Waals surface area contributed by atoms with E-state index in [0.29, 0.717) is 5.41 Å². The van der Waals surface area contributed by atoms with E-state index in [9.17, 15) is 0 Å². The van der Waals surface area contributed by atoms with Gasteiger partial charge in [0.25, 0.3) is 0 Å². The third-order valence-corrected chi connectivity index (χ3v) is 5.91. The first-order chi connectivity index (χ1) is 8.19. The number of hydrogen-bond donors (Lipinski definition) is 1. The summed E-state index contributed by atoms with van der Waals surface area (Å²) in [7, 11) is 0. The lowest BCUT2D eigenvalue weighted by Gasteiger charge is -2.22. The smallest absolute Gasteiger partial charge is 0.112 e. The van der Waals surface area contributed by atoms with Gasteiger partial charge < -0.3 is 5.32 Å². The highest BCUT2D eigenvalue weighted by molar-refractivity contribution is 7.15.